The Kier molecular flexibility index (Phi) is 6.02. The second-order valence-electron chi connectivity index (χ2n) is 7.40. The number of ether oxygens (including phenoxy) is 1. The van der Waals surface area contributed by atoms with Gasteiger partial charge in [-0.1, -0.05) is 20.3 Å². The number of nitrogens with zero attached hydrogens (tertiary/aromatic N) is 2. The van der Waals surface area contributed by atoms with Gasteiger partial charge >= 0.3 is 5.97 Å². The van der Waals surface area contributed by atoms with Crippen molar-refractivity contribution in [1.29, 1.82) is 0 Å². The maximum Gasteiger partial charge on any atom is 0.338 e. The van der Waals surface area contributed by atoms with E-state index in [-0.39, 0.29) is 16.4 Å². The van der Waals surface area contributed by atoms with Crippen LogP contribution in [0.3, 0.4) is 0 Å². The predicted molar refractivity (Wildman–Crippen MR) is 105 cm³/mol. The van der Waals surface area contributed by atoms with Crippen molar-refractivity contribution < 1.29 is 22.7 Å². The zero-order valence-corrected chi connectivity index (χ0v) is 16.9. The molecule has 152 valence electrons. The molecular weight excluding hydrogens is 382 g/mol. The first-order chi connectivity index (χ1) is 13.3. The molecule has 0 radical (unpaired) electrons. The van der Waals surface area contributed by atoms with Crippen molar-refractivity contribution in [2.45, 2.75) is 44.4 Å². The maximum absolute atomic E-state index is 12.6. The summed E-state index contributed by atoms with van der Waals surface area (Å²) in [7, 11) is -3.87. The Balaban J connectivity index is 1.77. The summed E-state index contributed by atoms with van der Waals surface area (Å²) < 4.78 is 34.2. The van der Waals surface area contributed by atoms with Crippen LogP contribution in [0, 0.1) is 5.92 Å². The van der Waals surface area contributed by atoms with E-state index in [9.17, 15) is 18.0 Å². The minimum atomic E-state index is -3.87. The summed E-state index contributed by atoms with van der Waals surface area (Å²) in [6.45, 7) is 4.69. The molecule has 9 heteroatoms. The van der Waals surface area contributed by atoms with Gasteiger partial charge in [-0.05, 0) is 37.0 Å². The maximum atomic E-state index is 12.6. The van der Waals surface area contributed by atoms with Crippen molar-refractivity contribution >= 4 is 33.4 Å². The van der Waals surface area contributed by atoms with Gasteiger partial charge in [-0.2, -0.15) is 8.42 Å². The fraction of sp³-hybridized carbons (Fsp3) is 0.526. The van der Waals surface area contributed by atoms with Crippen molar-refractivity contribution in [3.63, 3.8) is 0 Å². The molecule has 1 N–H and O–H groups in total. The highest BCUT2D eigenvalue weighted by Gasteiger charge is 2.32. The van der Waals surface area contributed by atoms with Crippen LogP contribution < -0.4 is 10.2 Å². The third kappa shape index (κ3) is 4.52. The van der Waals surface area contributed by atoms with Crippen LogP contribution in [0.1, 0.15) is 49.9 Å². The molecule has 28 heavy (non-hydrogen) atoms. The molecule has 2 aliphatic heterocycles. The van der Waals surface area contributed by atoms with Crippen molar-refractivity contribution in [3.8, 4) is 0 Å². The number of benzene rings is 1. The molecule has 0 bridgehead atoms. The molecule has 1 aromatic carbocycles. The summed E-state index contributed by atoms with van der Waals surface area (Å²) in [5.41, 5.74) is 0.616. The first-order valence-corrected chi connectivity index (χ1v) is 10.9. The molecule has 0 aliphatic carbocycles. The highest BCUT2D eigenvalue weighted by atomic mass is 32.2. The number of amides is 1. The van der Waals surface area contributed by atoms with E-state index in [2.05, 4.69) is 9.71 Å². The zero-order chi connectivity index (χ0) is 20.3. The quantitative estimate of drug-likeness (QED) is 0.750. The lowest BCUT2D eigenvalue weighted by Crippen LogP contribution is -2.35. The smallest absolute Gasteiger partial charge is 0.338 e. The molecule has 0 aromatic heterocycles. The molecule has 0 atom stereocenters. The predicted octanol–water partition coefficient (Wildman–Crippen LogP) is 2.10. The number of nitrogens with one attached hydrogen (secondary N) is 1. The van der Waals surface area contributed by atoms with Gasteiger partial charge in [-0.25, -0.2) is 4.79 Å². The molecule has 0 saturated carbocycles. The van der Waals surface area contributed by atoms with E-state index in [4.69, 9.17) is 4.74 Å². The molecule has 8 nitrogen and oxygen atoms in total. The molecule has 1 saturated heterocycles. The number of hydrogen-bond acceptors (Lipinski definition) is 6. The van der Waals surface area contributed by atoms with Crippen LogP contribution in [0.2, 0.25) is 0 Å². The monoisotopic (exact) mass is 407 g/mol. The van der Waals surface area contributed by atoms with Gasteiger partial charge in [0.05, 0.1) is 11.3 Å². The molecule has 1 amide bonds. The number of hydrogen-bond donors (Lipinski definition) is 1. The Morgan fingerprint density at radius 3 is 2.79 bits per heavy atom. The summed E-state index contributed by atoms with van der Waals surface area (Å²) in [5, 5.41) is 2.65. The highest BCUT2D eigenvalue weighted by Crippen LogP contribution is 2.35. The number of carbonyl (C=O) groups excluding carboxylic acids is 2. The molecule has 2 heterocycles. The van der Waals surface area contributed by atoms with Gasteiger partial charge in [-0.15, -0.1) is 4.40 Å². The largest absolute Gasteiger partial charge is 0.452 e. The molecule has 2 aliphatic rings. The van der Waals surface area contributed by atoms with Crippen LogP contribution >= 0.6 is 0 Å². The number of rotatable bonds is 5. The van der Waals surface area contributed by atoms with E-state index in [1.807, 2.05) is 18.7 Å². The Labute approximate surface area is 165 Å². The first-order valence-electron chi connectivity index (χ1n) is 9.47. The van der Waals surface area contributed by atoms with E-state index >= 15 is 0 Å². The van der Waals surface area contributed by atoms with Crippen LogP contribution in [-0.4, -0.2) is 45.8 Å². The van der Waals surface area contributed by atoms with Gasteiger partial charge < -0.3 is 15.0 Å². The lowest BCUT2D eigenvalue weighted by molar-refractivity contribution is -0.124. The first kappa shape index (κ1) is 20.3. The van der Waals surface area contributed by atoms with Gasteiger partial charge in [0, 0.05) is 19.5 Å². The van der Waals surface area contributed by atoms with Gasteiger partial charge in [0.2, 0.25) is 0 Å². The molecular formula is C19H25N3O5S. The molecule has 0 unspecified atom stereocenters. The number of carbonyl (C=O) groups is 2. The molecule has 0 spiro atoms. The van der Waals surface area contributed by atoms with Crippen LogP contribution in [-0.2, 0) is 19.6 Å². The average molecular weight is 407 g/mol. The summed E-state index contributed by atoms with van der Waals surface area (Å²) in [4.78, 5) is 25.9. The lowest BCUT2D eigenvalue weighted by atomic mass is 10.2. The van der Waals surface area contributed by atoms with Crippen LogP contribution in [0.25, 0.3) is 0 Å². The topological polar surface area (TPSA) is 105 Å². The lowest BCUT2D eigenvalue weighted by Gasteiger charge is -2.29. The summed E-state index contributed by atoms with van der Waals surface area (Å²) >= 11 is 0. The van der Waals surface area contributed by atoms with Gasteiger partial charge in [0.25, 0.3) is 15.9 Å². The summed E-state index contributed by atoms with van der Waals surface area (Å²) in [6, 6.07) is 4.42. The molecule has 1 fully saturated rings. The zero-order valence-electron chi connectivity index (χ0n) is 16.1. The van der Waals surface area contributed by atoms with E-state index in [1.165, 1.54) is 12.1 Å². The van der Waals surface area contributed by atoms with E-state index in [0.29, 0.717) is 31.0 Å². The number of sulfonamides is 1. The SMILES string of the molecule is CC(C)CNC(=O)COC(=O)c1ccc2c(c1)S(=O)(=O)N=C1CCCCCN12. The van der Waals surface area contributed by atoms with Crippen molar-refractivity contribution in [2.24, 2.45) is 10.3 Å². The van der Waals surface area contributed by atoms with Gasteiger partial charge in [-0.3, -0.25) is 4.79 Å². The summed E-state index contributed by atoms with van der Waals surface area (Å²) in [6.07, 6.45) is 3.50. The second-order valence-corrected chi connectivity index (χ2v) is 8.97. The molecule has 3 rings (SSSR count). The summed E-state index contributed by atoms with van der Waals surface area (Å²) in [5.74, 6) is -0.299. The standard InChI is InChI=1S/C19H25N3O5S/c1-13(2)11-20-18(23)12-27-19(24)14-7-8-15-16(10-14)28(25,26)21-17-6-4-3-5-9-22(15)17/h7-8,10,13H,3-6,9,11-12H2,1-2H3,(H,20,23). The van der Waals surface area contributed by atoms with E-state index in [0.717, 1.165) is 19.3 Å². The number of amidine groups is 1. The average Bonchev–Trinajstić information content (AvgIpc) is 2.89. The Morgan fingerprint density at radius 1 is 1.25 bits per heavy atom. The van der Waals surface area contributed by atoms with Crippen LogP contribution in [0.4, 0.5) is 5.69 Å². The number of fused-ring (bicyclic) bond motifs is 3. The fourth-order valence-electron chi connectivity index (χ4n) is 3.19. The van der Waals surface area contributed by atoms with Crippen molar-refractivity contribution in [2.75, 3.05) is 24.6 Å². The minimum Gasteiger partial charge on any atom is -0.452 e. The van der Waals surface area contributed by atoms with E-state index < -0.39 is 28.5 Å². The fourth-order valence-corrected chi connectivity index (χ4v) is 4.47. The Morgan fingerprint density at radius 2 is 2.04 bits per heavy atom. The van der Waals surface area contributed by atoms with Crippen LogP contribution in [0.5, 0.6) is 0 Å². The number of esters is 1. The Hall–Kier alpha value is -2.42. The van der Waals surface area contributed by atoms with Gasteiger partial charge in [0.15, 0.2) is 6.61 Å². The van der Waals surface area contributed by atoms with E-state index in [1.54, 1.807) is 6.07 Å². The third-order valence-corrected chi connectivity index (χ3v) is 5.96. The van der Waals surface area contributed by atoms with Crippen molar-refractivity contribution in [3.05, 3.63) is 23.8 Å². The van der Waals surface area contributed by atoms with Crippen LogP contribution in [0.15, 0.2) is 27.5 Å². The van der Waals surface area contributed by atoms with Gasteiger partial charge in [0.1, 0.15) is 10.7 Å². The third-order valence-electron chi connectivity index (χ3n) is 4.63. The number of anilines is 1. The second kappa shape index (κ2) is 8.30. The van der Waals surface area contributed by atoms with Crippen molar-refractivity contribution in [1.82, 2.24) is 5.32 Å². The Bertz CT molecular complexity index is 908. The normalized spacial score (nSPS) is 17.8. The minimum absolute atomic E-state index is 0.00291. The highest BCUT2D eigenvalue weighted by molar-refractivity contribution is 7.90. The molecule has 1 aromatic rings.